The van der Waals surface area contributed by atoms with E-state index in [1.165, 1.54) is 0 Å². The van der Waals surface area contributed by atoms with Crippen LogP contribution >= 0.6 is 0 Å². The summed E-state index contributed by atoms with van der Waals surface area (Å²) in [6, 6.07) is 7.54. The largest absolute Gasteiger partial charge is 0.449 e. The molecule has 1 amide bonds. The molecule has 0 aliphatic rings. The van der Waals surface area contributed by atoms with E-state index in [4.69, 9.17) is 10.5 Å². The van der Waals surface area contributed by atoms with Crippen molar-refractivity contribution < 1.29 is 9.53 Å². The maximum absolute atomic E-state index is 11.3. The Morgan fingerprint density at radius 1 is 1.29 bits per heavy atom. The number of nitrogens with two attached hydrogens (primary N) is 1. The molecule has 1 rings (SSSR count). The van der Waals surface area contributed by atoms with E-state index < -0.39 is 0 Å². The van der Waals surface area contributed by atoms with E-state index in [-0.39, 0.29) is 11.6 Å². The molecule has 0 atom stereocenters. The van der Waals surface area contributed by atoms with Gasteiger partial charge in [-0.15, -0.1) is 0 Å². The number of benzene rings is 1. The molecule has 1 aromatic rings. The fourth-order valence-electron chi connectivity index (χ4n) is 1.29. The van der Waals surface area contributed by atoms with Gasteiger partial charge in [-0.25, -0.2) is 4.79 Å². The predicted octanol–water partition coefficient (Wildman–Crippen LogP) is 2.34. The van der Waals surface area contributed by atoms with Crippen LogP contribution in [0.1, 0.15) is 26.3 Å². The van der Waals surface area contributed by atoms with Gasteiger partial charge < -0.3 is 15.8 Å². The normalized spacial score (nSPS) is 11.0. The van der Waals surface area contributed by atoms with Crippen molar-refractivity contribution in [2.45, 2.75) is 32.7 Å². The highest BCUT2D eigenvalue weighted by Crippen LogP contribution is 2.06. The summed E-state index contributed by atoms with van der Waals surface area (Å²) in [4.78, 5) is 11.3. The first kappa shape index (κ1) is 13.4. The standard InChI is InChI=1S/C13H20N2O2/c1-13(2,3)15-12(16)17-9-8-10-4-6-11(14)7-5-10/h4-7H,8-9,14H2,1-3H3,(H,15,16). The van der Waals surface area contributed by atoms with E-state index in [1.54, 1.807) is 0 Å². The minimum atomic E-state index is -0.382. The zero-order valence-corrected chi connectivity index (χ0v) is 10.6. The average molecular weight is 236 g/mol. The van der Waals surface area contributed by atoms with E-state index in [1.807, 2.05) is 45.0 Å². The van der Waals surface area contributed by atoms with Crippen molar-refractivity contribution >= 4 is 11.8 Å². The van der Waals surface area contributed by atoms with E-state index in [0.717, 1.165) is 11.3 Å². The van der Waals surface area contributed by atoms with Gasteiger partial charge in [-0.1, -0.05) is 12.1 Å². The zero-order chi connectivity index (χ0) is 12.9. The summed E-state index contributed by atoms with van der Waals surface area (Å²) in [5.41, 5.74) is 7.15. The second kappa shape index (κ2) is 5.57. The minimum absolute atomic E-state index is 0.266. The Balaban J connectivity index is 2.28. The van der Waals surface area contributed by atoms with E-state index in [2.05, 4.69) is 5.32 Å². The maximum Gasteiger partial charge on any atom is 0.407 e. The van der Waals surface area contributed by atoms with Gasteiger partial charge in [0.2, 0.25) is 0 Å². The number of carbonyl (C=O) groups is 1. The quantitative estimate of drug-likeness (QED) is 0.792. The van der Waals surface area contributed by atoms with Gasteiger partial charge in [0, 0.05) is 17.6 Å². The van der Waals surface area contributed by atoms with Gasteiger partial charge in [-0.2, -0.15) is 0 Å². The van der Waals surface area contributed by atoms with Gasteiger partial charge in [0.05, 0.1) is 6.61 Å². The Labute approximate surface area is 102 Å². The van der Waals surface area contributed by atoms with Crippen LogP contribution in [0.25, 0.3) is 0 Å². The lowest BCUT2D eigenvalue weighted by atomic mass is 10.1. The highest BCUT2D eigenvalue weighted by molar-refractivity contribution is 5.68. The lowest BCUT2D eigenvalue weighted by Crippen LogP contribution is -2.41. The van der Waals surface area contributed by atoms with Crippen LogP contribution in [-0.2, 0) is 11.2 Å². The molecule has 0 radical (unpaired) electrons. The van der Waals surface area contributed by atoms with Crippen molar-refractivity contribution in [3.63, 3.8) is 0 Å². The van der Waals surface area contributed by atoms with Gasteiger partial charge in [-0.05, 0) is 38.5 Å². The molecule has 0 aliphatic heterocycles. The molecule has 0 saturated heterocycles. The average Bonchev–Trinajstić information content (AvgIpc) is 2.18. The number of nitrogen functional groups attached to an aromatic ring is 1. The van der Waals surface area contributed by atoms with Crippen LogP contribution in [-0.4, -0.2) is 18.2 Å². The molecule has 94 valence electrons. The molecule has 0 unspecified atom stereocenters. The summed E-state index contributed by atoms with van der Waals surface area (Å²) < 4.78 is 5.07. The van der Waals surface area contributed by atoms with Gasteiger partial charge in [0.25, 0.3) is 0 Å². The molecule has 3 N–H and O–H groups in total. The lowest BCUT2D eigenvalue weighted by Gasteiger charge is -2.19. The molecule has 0 aliphatic carbocycles. The highest BCUT2D eigenvalue weighted by atomic mass is 16.5. The molecular weight excluding hydrogens is 216 g/mol. The van der Waals surface area contributed by atoms with Crippen LogP contribution in [0.5, 0.6) is 0 Å². The smallest absolute Gasteiger partial charge is 0.407 e. The van der Waals surface area contributed by atoms with E-state index >= 15 is 0 Å². The summed E-state index contributed by atoms with van der Waals surface area (Å²) >= 11 is 0. The molecule has 0 aromatic heterocycles. The third kappa shape index (κ3) is 5.80. The maximum atomic E-state index is 11.3. The van der Waals surface area contributed by atoms with Crippen molar-refractivity contribution in [2.75, 3.05) is 12.3 Å². The Hall–Kier alpha value is -1.71. The number of hydrogen-bond acceptors (Lipinski definition) is 3. The number of nitrogens with one attached hydrogen (secondary N) is 1. The van der Waals surface area contributed by atoms with Gasteiger partial charge in [0.1, 0.15) is 0 Å². The van der Waals surface area contributed by atoms with Gasteiger partial charge in [0.15, 0.2) is 0 Å². The lowest BCUT2D eigenvalue weighted by molar-refractivity contribution is 0.139. The summed E-state index contributed by atoms with van der Waals surface area (Å²) in [6.07, 6.45) is 0.311. The molecule has 4 heteroatoms. The summed E-state index contributed by atoms with van der Waals surface area (Å²) in [5, 5.41) is 2.73. The Bertz CT molecular complexity index is 366. The predicted molar refractivity (Wildman–Crippen MR) is 68.8 cm³/mol. The summed E-state index contributed by atoms with van der Waals surface area (Å²) in [7, 11) is 0. The molecule has 17 heavy (non-hydrogen) atoms. The van der Waals surface area contributed by atoms with Crippen molar-refractivity contribution in [3.8, 4) is 0 Å². The van der Waals surface area contributed by atoms with Crippen LogP contribution in [0, 0.1) is 0 Å². The summed E-state index contributed by atoms with van der Waals surface area (Å²) in [6.45, 7) is 6.10. The molecule has 0 spiro atoms. The van der Waals surface area contributed by atoms with Gasteiger partial charge in [-0.3, -0.25) is 0 Å². The number of anilines is 1. The second-order valence-electron chi connectivity index (χ2n) is 5.00. The first-order valence-electron chi connectivity index (χ1n) is 5.66. The van der Waals surface area contributed by atoms with Crippen LogP contribution in [0.15, 0.2) is 24.3 Å². The molecule has 0 bridgehead atoms. The first-order valence-corrected chi connectivity index (χ1v) is 5.66. The van der Waals surface area contributed by atoms with E-state index in [0.29, 0.717) is 13.0 Å². The molecule has 4 nitrogen and oxygen atoms in total. The van der Waals surface area contributed by atoms with Crippen LogP contribution in [0.4, 0.5) is 10.5 Å². The van der Waals surface area contributed by atoms with Gasteiger partial charge >= 0.3 is 6.09 Å². The molecule has 0 saturated carbocycles. The number of hydrogen-bond donors (Lipinski definition) is 2. The zero-order valence-electron chi connectivity index (χ0n) is 10.6. The van der Waals surface area contributed by atoms with Crippen LogP contribution in [0.3, 0.4) is 0 Å². The van der Waals surface area contributed by atoms with Crippen LogP contribution in [0.2, 0.25) is 0 Å². The highest BCUT2D eigenvalue weighted by Gasteiger charge is 2.14. The molecule has 0 fully saturated rings. The first-order chi connectivity index (χ1) is 7.87. The number of carbonyl (C=O) groups excluding carboxylic acids is 1. The fourth-order valence-corrected chi connectivity index (χ4v) is 1.29. The molecular formula is C13H20N2O2. The molecule has 0 heterocycles. The Kier molecular flexibility index (Phi) is 4.37. The van der Waals surface area contributed by atoms with Crippen LogP contribution < -0.4 is 11.1 Å². The fraction of sp³-hybridized carbons (Fsp3) is 0.462. The van der Waals surface area contributed by atoms with E-state index in [9.17, 15) is 4.79 Å². The SMILES string of the molecule is CC(C)(C)NC(=O)OCCc1ccc(N)cc1. The number of amides is 1. The van der Waals surface area contributed by atoms with Crippen molar-refractivity contribution in [2.24, 2.45) is 0 Å². The second-order valence-corrected chi connectivity index (χ2v) is 5.00. The number of alkyl carbamates (subject to hydrolysis) is 1. The summed E-state index contributed by atoms with van der Waals surface area (Å²) in [5.74, 6) is 0. The number of ether oxygens (including phenoxy) is 1. The van der Waals surface area contributed by atoms with Crippen molar-refractivity contribution in [1.29, 1.82) is 0 Å². The third-order valence-corrected chi connectivity index (χ3v) is 2.08. The topological polar surface area (TPSA) is 64.3 Å². The minimum Gasteiger partial charge on any atom is -0.449 e. The van der Waals surface area contributed by atoms with Crippen molar-refractivity contribution in [1.82, 2.24) is 5.32 Å². The third-order valence-electron chi connectivity index (χ3n) is 2.08. The Morgan fingerprint density at radius 2 is 1.88 bits per heavy atom. The monoisotopic (exact) mass is 236 g/mol. The Morgan fingerprint density at radius 3 is 2.41 bits per heavy atom. The number of rotatable bonds is 3. The van der Waals surface area contributed by atoms with Crippen molar-refractivity contribution in [3.05, 3.63) is 29.8 Å². The molecule has 1 aromatic carbocycles.